The van der Waals surface area contributed by atoms with Crippen LogP contribution in [0.25, 0.3) is 0 Å². The zero-order chi connectivity index (χ0) is 13.1. The molecule has 0 bridgehead atoms. The molecule has 0 saturated carbocycles. The molecule has 4 nitrogen and oxygen atoms in total. The second-order valence-electron chi connectivity index (χ2n) is 4.49. The molecule has 1 fully saturated rings. The van der Waals surface area contributed by atoms with Crippen LogP contribution in [0.1, 0.15) is 24.9 Å². The molecule has 18 heavy (non-hydrogen) atoms. The number of carbonyl (C=O) groups excluding carboxylic acids is 2. The highest BCUT2D eigenvalue weighted by atomic mass is 79.9. The van der Waals surface area contributed by atoms with E-state index in [1.807, 2.05) is 31.2 Å². The van der Waals surface area contributed by atoms with Crippen molar-refractivity contribution in [2.24, 2.45) is 5.92 Å². The third-order valence-corrected chi connectivity index (χ3v) is 3.61. The molecule has 2 amide bonds. The first kappa shape index (κ1) is 13.1. The molecule has 2 unspecified atom stereocenters. The van der Waals surface area contributed by atoms with Crippen LogP contribution in [0.3, 0.4) is 0 Å². The molecular weight excluding hydrogens is 296 g/mol. The van der Waals surface area contributed by atoms with E-state index in [1.54, 1.807) is 0 Å². The number of nitrogens with one attached hydrogen (secondary N) is 2. The summed E-state index contributed by atoms with van der Waals surface area (Å²) in [6.45, 7) is 2.38. The van der Waals surface area contributed by atoms with Crippen molar-refractivity contribution >= 4 is 27.7 Å². The van der Waals surface area contributed by atoms with Gasteiger partial charge in [0.15, 0.2) is 0 Å². The SMILES string of the molecule is CC(NC(=O)C1CNC(=O)C1)c1ccc(Br)cc1. The number of rotatable bonds is 3. The Balaban J connectivity index is 1.94. The van der Waals surface area contributed by atoms with Gasteiger partial charge in [-0.05, 0) is 24.6 Å². The normalized spacial score (nSPS) is 20.3. The number of amides is 2. The van der Waals surface area contributed by atoms with Gasteiger partial charge in [-0.25, -0.2) is 0 Å². The fraction of sp³-hybridized carbons (Fsp3) is 0.385. The standard InChI is InChI=1S/C13H15BrN2O2/c1-8(9-2-4-11(14)5-3-9)16-13(18)10-6-12(17)15-7-10/h2-5,8,10H,6-7H2,1H3,(H,15,17)(H,16,18). The highest BCUT2D eigenvalue weighted by Crippen LogP contribution is 2.18. The quantitative estimate of drug-likeness (QED) is 0.894. The van der Waals surface area contributed by atoms with E-state index in [2.05, 4.69) is 26.6 Å². The molecule has 2 rings (SSSR count). The van der Waals surface area contributed by atoms with E-state index in [4.69, 9.17) is 0 Å². The van der Waals surface area contributed by atoms with Gasteiger partial charge in [-0.3, -0.25) is 9.59 Å². The monoisotopic (exact) mass is 310 g/mol. The second-order valence-corrected chi connectivity index (χ2v) is 5.40. The van der Waals surface area contributed by atoms with Crippen LogP contribution in [0.5, 0.6) is 0 Å². The van der Waals surface area contributed by atoms with Crippen molar-refractivity contribution in [2.75, 3.05) is 6.54 Å². The highest BCUT2D eigenvalue weighted by Gasteiger charge is 2.28. The van der Waals surface area contributed by atoms with Crippen molar-refractivity contribution in [3.8, 4) is 0 Å². The third-order valence-electron chi connectivity index (χ3n) is 3.08. The van der Waals surface area contributed by atoms with Crippen molar-refractivity contribution < 1.29 is 9.59 Å². The van der Waals surface area contributed by atoms with Crippen molar-refractivity contribution in [1.29, 1.82) is 0 Å². The van der Waals surface area contributed by atoms with Crippen LogP contribution in [-0.4, -0.2) is 18.4 Å². The van der Waals surface area contributed by atoms with Gasteiger partial charge >= 0.3 is 0 Å². The summed E-state index contributed by atoms with van der Waals surface area (Å²) < 4.78 is 1.01. The molecule has 1 aromatic carbocycles. The average Bonchev–Trinajstić information content (AvgIpc) is 2.76. The molecule has 5 heteroatoms. The Morgan fingerprint density at radius 3 is 2.67 bits per heavy atom. The van der Waals surface area contributed by atoms with Gasteiger partial charge in [-0.15, -0.1) is 0 Å². The largest absolute Gasteiger partial charge is 0.355 e. The van der Waals surface area contributed by atoms with Crippen LogP contribution in [0.2, 0.25) is 0 Å². The van der Waals surface area contributed by atoms with Crippen molar-refractivity contribution in [3.63, 3.8) is 0 Å². The molecule has 1 aliphatic rings. The Labute approximate surface area is 114 Å². The van der Waals surface area contributed by atoms with Crippen LogP contribution in [0.4, 0.5) is 0 Å². The summed E-state index contributed by atoms with van der Waals surface area (Å²) in [4.78, 5) is 23.0. The fourth-order valence-corrected chi connectivity index (χ4v) is 2.22. The molecule has 96 valence electrons. The minimum atomic E-state index is -0.240. The molecule has 0 radical (unpaired) electrons. The summed E-state index contributed by atoms with van der Waals surface area (Å²) in [7, 11) is 0. The number of benzene rings is 1. The third kappa shape index (κ3) is 3.10. The Kier molecular flexibility index (Phi) is 4.01. The Morgan fingerprint density at radius 2 is 2.11 bits per heavy atom. The molecular formula is C13H15BrN2O2. The number of halogens is 1. The van der Waals surface area contributed by atoms with E-state index >= 15 is 0 Å². The Morgan fingerprint density at radius 1 is 1.44 bits per heavy atom. The lowest BCUT2D eigenvalue weighted by Crippen LogP contribution is -2.33. The lowest BCUT2D eigenvalue weighted by Gasteiger charge is -2.16. The first-order valence-electron chi connectivity index (χ1n) is 5.89. The molecule has 0 spiro atoms. The number of hydrogen-bond acceptors (Lipinski definition) is 2. The zero-order valence-corrected chi connectivity index (χ0v) is 11.7. The van der Waals surface area contributed by atoms with Gasteiger partial charge in [0.25, 0.3) is 0 Å². The first-order valence-corrected chi connectivity index (χ1v) is 6.68. The van der Waals surface area contributed by atoms with E-state index in [1.165, 1.54) is 0 Å². The smallest absolute Gasteiger partial charge is 0.225 e. The van der Waals surface area contributed by atoms with Crippen LogP contribution < -0.4 is 10.6 Å². The van der Waals surface area contributed by atoms with Gasteiger partial charge in [0, 0.05) is 17.4 Å². The summed E-state index contributed by atoms with van der Waals surface area (Å²) in [6.07, 6.45) is 0.291. The maximum Gasteiger partial charge on any atom is 0.225 e. The summed E-state index contributed by atoms with van der Waals surface area (Å²) in [5.74, 6) is -0.356. The van der Waals surface area contributed by atoms with Crippen LogP contribution in [0.15, 0.2) is 28.7 Å². The van der Waals surface area contributed by atoms with Gasteiger partial charge < -0.3 is 10.6 Å². The predicted octanol–water partition coefficient (Wildman–Crippen LogP) is 1.76. The van der Waals surface area contributed by atoms with E-state index in [-0.39, 0.29) is 23.8 Å². The molecule has 1 saturated heterocycles. The molecule has 1 heterocycles. The number of hydrogen-bond donors (Lipinski definition) is 2. The van der Waals surface area contributed by atoms with Crippen molar-refractivity contribution in [2.45, 2.75) is 19.4 Å². The van der Waals surface area contributed by atoms with Crippen molar-refractivity contribution in [1.82, 2.24) is 10.6 Å². The fourth-order valence-electron chi connectivity index (χ4n) is 1.96. The maximum atomic E-state index is 11.9. The van der Waals surface area contributed by atoms with Gasteiger partial charge in [-0.1, -0.05) is 28.1 Å². The highest BCUT2D eigenvalue weighted by molar-refractivity contribution is 9.10. The Hall–Kier alpha value is -1.36. The van der Waals surface area contributed by atoms with Crippen LogP contribution in [0, 0.1) is 5.92 Å². The molecule has 0 aliphatic carbocycles. The maximum absolute atomic E-state index is 11.9. The summed E-state index contributed by atoms with van der Waals surface area (Å²) in [6, 6.07) is 7.76. The van der Waals surface area contributed by atoms with E-state index in [9.17, 15) is 9.59 Å². The van der Waals surface area contributed by atoms with Crippen LogP contribution in [-0.2, 0) is 9.59 Å². The molecule has 0 aromatic heterocycles. The lowest BCUT2D eigenvalue weighted by molar-refractivity contribution is -0.127. The zero-order valence-electron chi connectivity index (χ0n) is 10.1. The molecule has 1 aromatic rings. The van der Waals surface area contributed by atoms with Gasteiger partial charge in [0.05, 0.1) is 12.0 Å². The van der Waals surface area contributed by atoms with Crippen LogP contribution >= 0.6 is 15.9 Å². The minimum absolute atomic E-state index is 0.0496. The molecule has 2 atom stereocenters. The van der Waals surface area contributed by atoms with Gasteiger partial charge in [-0.2, -0.15) is 0 Å². The summed E-state index contributed by atoms with van der Waals surface area (Å²) >= 11 is 3.37. The first-order chi connectivity index (χ1) is 8.56. The summed E-state index contributed by atoms with van der Waals surface area (Å²) in [5.41, 5.74) is 1.05. The average molecular weight is 311 g/mol. The van der Waals surface area contributed by atoms with Crippen molar-refractivity contribution in [3.05, 3.63) is 34.3 Å². The minimum Gasteiger partial charge on any atom is -0.355 e. The lowest BCUT2D eigenvalue weighted by atomic mass is 10.1. The van der Waals surface area contributed by atoms with E-state index < -0.39 is 0 Å². The predicted molar refractivity (Wildman–Crippen MR) is 71.8 cm³/mol. The molecule has 1 aliphatic heterocycles. The van der Waals surface area contributed by atoms with Gasteiger partial charge in [0.1, 0.15) is 0 Å². The number of carbonyl (C=O) groups is 2. The van der Waals surface area contributed by atoms with E-state index in [0.717, 1.165) is 10.0 Å². The topological polar surface area (TPSA) is 58.2 Å². The molecule has 2 N–H and O–H groups in total. The van der Waals surface area contributed by atoms with E-state index in [0.29, 0.717) is 13.0 Å². The summed E-state index contributed by atoms with van der Waals surface area (Å²) in [5, 5.41) is 5.60. The second kappa shape index (κ2) is 5.52. The van der Waals surface area contributed by atoms with Gasteiger partial charge in [0.2, 0.25) is 11.8 Å². The Bertz CT molecular complexity index is 459.